The minimum absolute atomic E-state index is 1.10. The fourth-order valence-electron chi connectivity index (χ4n) is 0.587. The third-order valence-electron chi connectivity index (χ3n) is 1.11. The molecule has 0 saturated carbocycles. The van der Waals surface area contributed by atoms with E-state index in [1.165, 1.54) is 28.1 Å². The summed E-state index contributed by atoms with van der Waals surface area (Å²) in [5.74, 6) is 2.63. The Bertz CT molecular complexity index is 79.1. The van der Waals surface area contributed by atoms with Gasteiger partial charge < -0.3 is 0 Å². The van der Waals surface area contributed by atoms with Crippen molar-refractivity contribution < 1.29 is 0 Å². The van der Waals surface area contributed by atoms with Crippen molar-refractivity contribution in [1.82, 2.24) is 0 Å². The predicted octanol–water partition coefficient (Wildman–Crippen LogP) is 4.39. The van der Waals surface area contributed by atoms with Crippen LogP contribution in [0.2, 0.25) is 0 Å². The summed E-state index contributed by atoms with van der Waals surface area (Å²) in [4.78, 5) is 0. The Hall–Kier alpha value is 2.10. The molecule has 0 radical (unpaired) electrons. The van der Waals surface area contributed by atoms with Gasteiger partial charge in [0, 0.05) is 10.2 Å². The Morgan fingerprint density at radius 1 is 0.923 bits per heavy atom. The molecule has 0 aliphatic rings. The first-order valence-corrected chi connectivity index (χ1v) is 10.8. The molecular formula is C7H16S6. The second-order valence-electron chi connectivity index (χ2n) is 2.15. The maximum atomic E-state index is 4.08. The Balaban J connectivity index is 2.76. The van der Waals surface area contributed by atoms with Crippen LogP contribution in [0.15, 0.2) is 0 Å². The van der Waals surface area contributed by atoms with Gasteiger partial charge in [-0.05, 0) is 24.2 Å². The summed E-state index contributed by atoms with van der Waals surface area (Å²) >= 11 is 12.1. The molecule has 0 aliphatic carbocycles. The van der Waals surface area contributed by atoms with Crippen molar-refractivity contribution in [2.45, 2.75) is 6.42 Å². The van der Waals surface area contributed by atoms with Crippen molar-refractivity contribution in [2.75, 3.05) is 33.0 Å². The third kappa shape index (κ3) is 14.1. The molecule has 0 spiro atoms. The molecule has 80 valence electrons. The quantitative estimate of drug-likeness (QED) is 0.274. The second kappa shape index (κ2) is 14.1. The van der Waals surface area contributed by atoms with Crippen molar-refractivity contribution in [2.24, 2.45) is 0 Å². The zero-order valence-corrected chi connectivity index (χ0v) is 12.7. The molecule has 0 atom stereocenters. The van der Waals surface area contributed by atoms with Crippen molar-refractivity contribution in [3.63, 3.8) is 0 Å². The standard InChI is InChI=1S/C7H16S6/c1-9-3-2-4-10-5-11-6-12-7-13-8/h8H,2-7H2,1H3. The lowest BCUT2D eigenvalue weighted by atomic mass is 10.6. The molecule has 13 heavy (non-hydrogen) atoms. The first-order chi connectivity index (χ1) is 6.41. The molecule has 0 amide bonds. The number of hydrogen-bond donors (Lipinski definition) is 1. The van der Waals surface area contributed by atoms with Crippen LogP contribution in [0, 0.1) is 0 Å². The van der Waals surface area contributed by atoms with E-state index in [2.05, 4.69) is 29.7 Å². The third-order valence-corrected chi connectivity index (χ3v) is 7.08. The molecule has 0 aliphatic heterocycles. The molecule has 0 fully saturated rings. The summed E-state index contributed by atoms with van der Waals surface area (Å²) in [6, 6.07) is 0. The van der Waals surface area contributed by atoms with E-state index >= 15 is 0 Å². The van der Waals surface area contributed by atoms with Crippen LogP contribution in [0.25, 0.3) is 0 Å². The van der Waals surface area contributed by atoms with Crippen LogP contribution >= 0.6 is 69.5 Å². The predicted molar refractivity (Wildman–Crippen MR) is 81.8 cm³/mol. The van der Waals surface area contributed by atoms with E-state index in [-0.39, 0.29) is 0 Å². The fraction of sp³-hybridized carbons (Fsp3) is 1.00. The van der Waals surface area contributed by atoms with Crippen molar-refractivity contribution in [3.05, 3.63) is 0 Å². The molecule has 0 nitrogen and oxygen atoms in total. The first kappa shape index (κ1) is 15.1. The summed E-state index contributed by atoms with van der Waals surface area (Å²) in [5, 5.41) is 3.56. The van der Waals surface area contributed by atoms with Gasteiger partial charge in [0.15, 0.2) is 0 Å². The highest BCUT2D eigenvalue weighted by molar-refractivity contribution is 8.70. The van der Waals surface area contributed by atoms with Crippen LogP contribution in [0.3, 0.4) is 0 Å². The van der Waals surface area contributed by atoms with E-state index in [0.29, 0.717) is 0 Å². The van der Waals surface area contributed by atoms with E-state index in [4.69, 9.17) is 0 Å². The summed E-state index contributed by atoms with van der Waals surface area (Å²) in [5.41, 5.74) is 0. The Kier molecular flexibility index (Phi) is 16.4. The van der Waals surface area contributed by atoms with E-state index in [0.717, 1.165) is 5.08 Å². The number of hydrogen-bond acceptors (Lipinski definition) is 6. The van der Waals surface area contributed by atoms with E-state index in [1.807, 2.05) is 35.3 Å². The molecule has 0 rings (SSSR count). The van der Waals surface area contributed by atoms with Gasteiger partial charge in [0.25, 0.3) is 0 Å². The minimum atomic E-state index is 1.10. The lowest BCUT2D eigenvalue weighted by Gasteiger charge is -2.00. The maximum Gasteiger partial charge on any atom is 0.0501 e. The molecule has 0 aromatic rings. The molecule has 0 unspecified atom stereocenters. The average Bonchev–Trinajstić information content (AvgIpc) is 2.16. The molecule has 0 heterocycles. The summed E-state index contributed by atoms with van der Waals surface area (Å²) < 4.78 is 0. The van der Waals surface area contributed by atoms with Gasteiger partial charge in [0.2, 0.25) is 0 Å². The summed E-state index contributed by atoms with van der Waals surface area (Å²) in [6.07, 6.45) is 3.53. The lowest BCUT2D eigenvalue weighted by molar-refractivity contribution is 1.13. The first-order valence-electron chi connectivity index (χ1n) is 3.90. The SMILES string of the molecule is CSCCCSCSCSCSS. The molecule has 0 aromatic carbocycles. The average molecular weight is 293 g/mol. The summed E-state index contributed by atoms with van der Waals surface area (Å²) in [7, 11) is 1.61. The second-order valence-corrected chi connectivity index (χ2v) is 8.63. The molecule has 0 saturated heterocycles. The highest BCUT2D eigenvalue weighted by Crippen LogP contribution is 2.22. The highest BCUT2D eigenvalue weighted by atomic mass is 33.1. The van der Waals surface area contributed by atoms with Crippen LogP contribution in [0.4, 0.5) is 0 Å². The Labute approximate surface area is 108 Å². The number of thiol groups is 1. The summed E-state index contributed by atoms with van der Waals surface area (Å²) in [6.45, 7) is 0. The number of rotatable bonds is 10. The molecule has 0 aromatic heterocycles. The molecular weight excluding hydrogens is 276 g/mol. The van der Waals surface area contributed by atoms with E-state index in [1.54, 1.807) is 10.8 Å². The Morgan fingerprint density at radius 2 is 1.62 bits per heavy atom. The smallest absolute Gasteiger partial charge is 0.0501 e. The highest BCUT2D eigenvalue weighted by Gasteiger charge is 1.91. The van der Waals surface area contributed by atoms with Gasteiger partial charge in [0.1, 0.15) is 0 Å². The van der Waals surface area contributed by atoms with Crippen LogP contribution in [-0.2, 0) is 0 Å². The fourth-order valence-corrected chi connectivity index (χ4v) is 5.70. The van der Waals surface area contributed by atoms with Crippen LogP contribution < -0.4 is 0 Å². The molecule has 0 N–H and O–H groups in total. The van der Waals surface area contributed by atoms with Crippen LogP contribution in [0.5, 0.6) is 0 Å². The van der Waals surface area contributed by atoms with Gasteiger partial charge >= 0.3 is 0 Å². The van der Waals surface area contributed by atoms with Crippen molar-refractivity contribution in [3.8, 4) is 0 Å². The van der Waals surface area contributed by atoms with E-state index < -0.39 is 0 Å². The zero-order valence-electron chi connectivity index (χ0n) is 7.73. The van der Waals surface area contributed by atoms with Gasteiger partial charge in [-0.25, -0.2) is 0 Å². The topological polar surface area (TPSA) is 0 Å². The van der Waals surface area contributed by atoms with Gasteiger partial charge in [-0.2, -0.15) is 23.5 Å². The van der Waals surface area contributed by atoms with Gasteiger partial charge in [0.05, 0.1) is 5.08 Å². The zero-order chi connectivity index (χ0) is 9.78. The van der Waals surface area contributed by atoms with Gasteiger partial charge in [-0.3, -0.25) is 0 Å². The van der Waals surface area contributed by atoms with E-state index in [9.17, 15) is 0 Å². The Morgan fingerprint density at radius 3 is 2.31 bits per heavy atom. The van der Waals surface area contributed by atoms with Crippen LogP contribution in [-0.4, -0.2) is 33.0 Å². The van der Waals surface area contributed by atoms with Gasteiger partial charge in [-0.1, -0.05) is 10.8 Å². The van der Waals surface area contributed by atoms with Gasteiger partial charge in [-0.15, -0.1) is 35.2 Å². The lowest BCUT2D eigenvalue weighted by Crippen LogP contribution is -1.83. The maximum absolute atomic E-state index is 4.08. The van der Waals surface area contributed by atoms with Crippen LogP contribution in [0.1, 0.15) is 6.42 Å². The molecule has 0 bridgehead atoms. The normalized spacial score (nSPS) is 10.6. The minimum Gasteiger partial charge on any atom is -0.165 e. The monoisotopic (exact) mass is 292 g/mol. The van der Waals surface area contributed by atoms with Crippen molar-refractivity contribution in [1.29, 1.82) is 0 Å². The van der Waals surface area contributed by atoms with Crippen molar-refractivity contribution >= 4 is 69.5 Å². The molecule has 6 heteroatoms. The number of thioether (sulfide) groups is 4. The largest absolute Gasteiger partial charge is 0.165 e.